The van der Waals surface area contributed by atoms with E-state index in [1.54, 1.807) is 14.2 Å². The van der Waals surface area contributed by atoms with Gasteiger partial charge in [0, 0.05) is 36.0 Å². The van der Waals surface area contributed by atoms with Crippen LogP contribution in [-0.4, -0.2) is 48.9 Å². The van der Waals surface area contributed by atoms with E-state index < -0.39 is 0 Å². The lowest BCUT2D eigenvalue weighted by Crippen LogP contribution is -2.27. The Morgan fingerprint density at radius 2 is 1.57 bits per heavy atom. The van der Waals surface area contributed by atoms with Crippen LogP contribution in [0, 0.1) is 0 Å². The number of hydrogen-bond acceptors (Lipinski definition) is 9. The van der Waals surface area contributed by atoms with E-state index in [1.165, 1.54) is 0 Å². The molecule has 208 valence electrons. The summed E-state index contributed by atoms with van der Waals surface area (Å²) in [5.74, 6) is 2.40. The van der Waals surface area contributed by atoms with Gasteiger partial charge in [-0.2, -0.15) is 15.0 Å². The van der Waals surface area contributed by atoms with Gasteiger partial charge in [0.1, 0.15) is 11.2 Å². The molecule has 0 bridgehead atoms. The molecule has 2 aromatic heterocycles. The molecule has 1 N–H and O–H groups in total. The molecule has 5 rings (SSSR count). The molecular formula is C31H35N5O4. The van der Waals surface area contributed by atoms with Crippen LogP contribution < -0.4 is 24.4 Å². The fraction of sp³-hybridized carbons (Fsp3) is 0.323. The third-order valence-electron chi connectivity index (χ3n) is 6.58. The van der Waals surface area contributed by atoms with Gasteiger partial charge in [-0.15, -0.1) is 0 Å². The van der Waals surface area contributed by atoms with E-state index in [4.69, 9.17) is 23.6 Å². The van der Waals surface area contributed by atoms with Crippen molar-refractivity contribution in [2.24, 2.45) is 0 Å². The van der Waals surface area contributed by atoms with E-state index in [-0.39, 0.29) is 6.01 Å². The van der Waals surface area contributed by atoms with E-state index >= 15 is 0 Å². The number of aromatic nitrogens is 3. The maximum absolute atomic E-state index is 6.07. The van der Waals surface area contributed by atoms with Crippen molar-refractivity contribution in [1.82, 2.24) is 15.0 Å². The number of para-hydroxylation sites is 1. The standard InChI is InChI=1S/C31H35N5O4/c1-5-16-36(17-6-2)30-33-29(32-22-12-14-26-24(20-22)23-9-7-8-10-25(23)40-26)34-31(35-30)39-18-15-21-11-13-27(37-3)28(19-21)38-4/h7-14,19-20H,5-6,15-18H2,1-4H3,(H,32,33,34,35). The minimum Gasteiger partial charge on any atom is -0.493 e. The number of nitrogens with one attached hydrogen (secondary N) is 1. The van der Waals surface area contributed by atoms with Crippen molar-refractivity contribution in [3.63, 3.8) is 0 Å². The number of fused-ring (bicyclic) bond motifs is 3. The molecule has 0 aliphatic carbocycles. The van der Waals surface area contributed by atoms with E-state index in [2.05, 4.69) is 46.2 Å². The lowest BCUT2D eigenvalue weighted by molar-refractivity contribution is 0.295. The maximum atomic E-state index is 6.07. The van der Waals surface area contributed by atoms with Gasteiger partial charge in [-0.3, -0.25) is 0 Å². The maximum Gasteiger partial charge on any atom is 0.323 e. The summed E-state index contributed by atoms with van der Waals surface area (Å²) in [6.45, 7) is 6.37. The fourth-order valence-corrected chi connectivity index (χ4v) is 4.69. The highest BCUT2D eigenvalue weighted by Crippen LogP contribution is 2.32. The highest BCUT2D eigenvalue weighted by atomic mass is 16.5. The Bertz CT molecular complexity index is 1580. The van der Waals surface area contributed by atoms with Crippen LogP contribution in [-0.2, 0) is 6.42 Å². The van der Waals surface area contributed by atoms with E-state index in [0.29, 0.717) is 36.4 Å². The summed E-state index contributed by atoms with van der Waals surface area (Å²) in [4.78, 5) is 16.2. The van der Waals surface area contributed by atoms with Gasteiger partial charge in [0.2, 0.25) is 11.9 Å². The van der Waals surface area contributed by atoms with Crippen molar-refractivity contribution >= 4 is 39.5 Å². The molecule has 0 fully saturated rings. The van der Waals surface area contributed by atoms with Gasteiger partial charge in [-0.1, -0.05) is 38.1 Å². The molecule has 0 saturated heterocycles. The summed E-state index contributed by atoms with van der Waals surface area (Å²) in [5, 5.41) is 5.46. The number of ether oxygens (including phenoxy) is 3. The molecule has 3 aromatic carbocycles. The number of anilines is 3. The summed E-state index contributed by atoms with van der Waals surface area (Å²) in [6, 6.07) is 20.1. The first-order valence-electron chi connectivity index (χ1n) is 13.6. The minimum absolute atomic E-state index is 0.278. The second kappa shape index (κ2) is 12.5. The number of rotatable bonds is 13. The Hall–Kier alpha value is -4.53. The largest absolute Gasteiger partial charge is 0.493 e. The highest BCUT2D eigenvalue weighted by molar-refractivity contribution is 6.06. The third-order valence-corrected chi connectivity index (χ3v) is 6.58. The van der Waals surface area contributed by atoms with E-state index in [0.717, 1.165) is 59.1 Å². The normalized spacial score (nSPS) is 11.1. The van der Waals surface area contributed by atoms with E-state index in [9.17, 15) is 0 Å². The number of furan rings is 1. The van der Waals surface area contributed by atoms with Gasteiger partial charge in [0.05, 0.1) is 20.8 Å². The Morgan fingerprint density at radius 1 is 0.800 bits per heavy atom. The van der Waals surface area contributed by atoms with Crippen molar-refractivity contribution in [3.8, 4) is 17.5 Å². The van der Waals surface area contributed by atoms with Crippen LogP contribution in [0.1, 0.15) is 32.3 Å². The zero-order chi connectivity index (χ0) is 27.9. The average molecular weight is 542 g/mol. The summed E-state index contributed by atoms with van der Waals surface area (Å²) in [6.07, 6.45) is 2.62. The number of hydrogen-bond donors (Lipinski definition) is 1. The lowest BCUT2D eigenvalue weighted by atomic mass is 10.1. The minimum atomic E-state index is 0.278. The van der Waals surface area contributed by atoms with Crippen molar-refractivity contribution in [1.29, 1.82) is 0 Å². The molecular weight excluding hydrogens is 506 g/mol. The summed E-state index contributed by atoms with van der Waals surface area (Å²) >= 11 is 0. The second-order valence-corrected chi connectivity index (χ2v) is 9.45. The Kier molecular flexibility index (Phi) is 8.49. The van der Waals surface area contributed by atoms with Crippen molar-refractivity contribution < 1.29 is 18.6 Å². The summed E-state index contributed by atoms with van der Waals surface area (Å²) in [5.41, 5.74) is 3.60. The smallest absolute Gasteiger partial charge is 0.323 e. The van der Waals surface area contributed by atoms with Gasteiger partial charge in [0.15, 0.2) is 11.5 Å². The van der Waals surface area contributed by atoms with Crippen molar-refractivity contribution in [3.05, 3.63) is 66.2 Å². The summed E-state index contributed by atoms with van der Waals surface area (Å²) < 4.78 is 22.8. The molecule has 2 heterocycles. The highest BCUT2D eigenvalue weighted by Gasteiger charge is 2.15. The molecule has 5 aromatic rings. The predicted molar refractivity (Wildman–Crippen MR) is 158 cm³/mol. The Morgan fingerprint density at radius 3 is 2.35 bits per heavy atom. The lowest BCUT2D eigenvalue weighted by Gasteiger charge is -2.22. The molecule has 0 aliphatic heterocycles. The molecule has 0 radical (unpaired) electrons. The van der Waals surface area contributed by atoms with E-state index in [1.807, 2.05) is 48.5 Å². The van der Waals surface area contributed by atoms with Crippen molar-refractivity contribution in [2.75, 3.05) is 44.1 Å². The number of methoxy groups -OCH3 is 2. The van der Waals surface area contributed by atoms with Crippen LogP contribution in [0.3, 0.4) is 0 Å². The van der Waals surface area contributed by atoms with Crippen LogP contribution in [0.5, 0.6) is 17.5 Å². The molecule has 0 unspecified atom stereocenters. The van der Waals surface area contributed by atoms with Crippen LogP contribution in [0.2, 0.25) is 0 Å². The zero-order valence-corrected chi connectivity index (χ0v) is 23.4. The molecule has 0 atom stereocenters. The monoisotopic (exact) mass is 541 g/mol. The quantitative estimate of drug-likeness (QED) is 0.173. The topological polar surface area (TPSA) is 94.8 Å². The van der Waals surface area contributed by atoms with Crippen molar-refractivity contribution in [2.45, 2.75) is 33.1 Å². The summed E-state index contributed by atoms with van der Waals surface area (Å²) in [7, 11) is 3.25. The van der Waals surface area contributed by atoms with Gasteiger partial charge < -0.3 is 28.8 Å². The molecule has 0 spiro atoms. The molecule has 40 heavy (non-hydrogen) atoms. The van der Waals surface area contributed by atoms with Gasteiger partial charge in [-0.05, 0) is 54.8 Å². The zero-order valence-electron chi connectivity index (χ0n) is 23.4. The molecule has 0 saturated carbocycles. The first-order valence-corrected chi connectivity index (χ1v) is 13.6. The molecule has 0 aliphatic rings. The Balaban J connectivity index is 1.40. The van der Waals surface area contributed by atoms with Gasteiger partial charge in [-0.25, -0.2) is 0 Å². The van der Waals surface area contributed by atoms with Crippen LogP contribution >= 0.6 is 0 Å². The number of nitrogens with zero attached hydrogens (tertiary/aromatic N) is 4. The SMILES string of the molecule is CCCN(CCC)c1nc(Nc2ccc3oc4ccccc4c3c2)nc(OCCc2ccc(OC)c(OC)c2)n1. The van der Waals surface area contributed by atoms with Gasteiger partial charge in [0.25, 0.3) is 0 Å². The predicted octanol–water partition coefficient (Wildman–Crippen LogP) is 6.78. The first kappa shape index (κ1) is 27.1. The first-order chi connectivity index (χ1) is 19.6. The average Bonchev–Trinajstić information content (AvgIpc) is 3.35. The molecule has 9 nitrogen and oxygen atoms in total. The van der Waals surface area contributed by atoms with Crippen LogP contribution in [0.15, 0.2) is 65.1 Å². The molecule has 0 amide bonds. The Labute approximate surface area is 234 Å². The fourth-order valence-electron chi connectivity index (χ4n) is 4.69. The third kappa shape index (κ3) is 6.03. The molecule has 9 heteroatoms. The second-order valence-electron chi connectivity index (χ2n) is 9.45. The number of benzene rings is 3. The van der Waals surface area contributed by atoms with Gasteiger partial charge >= 0.3 is 6.01 Å². The van der Waals surface area contributed by atoms with Crippen LogP contribution in [0.25, 0.3) is 21.9 Å². The van der Waals surface area contributed by atoms with Crippen LogP contribution in [0.4, 0.5) is 17.6 Å².